The molecule has 1 aromatic rings. The van der Waals surface area contributed by atoms with Gasteiger partial charge in [0, 0.05) is 12.2 Å². The molecule has 1 heterocycles. The van der Waals surface area contributed by atoms with E-state index in [0.29, 0.717) is 10.7 Å². The van der Waals surface area contributed by atoms with Crippen LogP contribution in [0.15, 0.2) is 12.3 Å². The fourth-order valence-corrected chi connectivity index (χ4v) is 2.54. The maximum absolute atomic E-state index is 12.3. The summed E-state index contributed by atoms with van der Waals surface area (Å²) in [4.78, 5) is 27.3. The molecule has 6 heteroatoms. The number of aliphatic carboxylic acids is 1. The van der Waals surface area contributed by atoms with Crippen LogP contribution in [0.4, 0.5) is 0 Å². The zero-order chi connectivity index (χ0) is 13.1. The molecule has 98 valence electrons. The van der Waals surface area contributed by atoms with Crippen LogP contribution < -0.4 is 0 Å². The fraction of sp³-hybridized carbons (Fsp3) is 0.500. The number of hydrogen-bond donors (Lipinski definition) is 2. The number of halogens is 1. The van der Waals surface area contributed by atoms with Crippen LogP contribution in [-0.2, 0) is 4.79 Å². The van der Waals surface area contributed by atoms with Gasteiger partial charge in [-0.1, -0.05) is 24.4 Å². The minimum atomic E-state index is -0.993. The van der Waals surface area contributed by atoms with Crippen molar-refractivity contribution in [3.8, 4) is 0 Å². The molecule has 0 saturated heterocycles. The Bertz CT molecular complexity index is 452. The lowest BCUT2D eigenvalue weighted by Crippen LogP contribution is -2.42. The van der Waals surface area contributed by atoms with E-state index in [1.54, 1.807) is 0 Å². The van der Waals surface area contributed by atoms with Gasteiger partial charge >= 0.3 is 5.97 Å². The average molecular weight is 271 g/mol. The van der Waals surface area contributed by atoms with E-state index in [-0.39, 0.29) is 18.5 Å². The normalized spacial score (nSPS) is 15.8. The molecule has 1 fully saturated rings. The lowest BCUT2D eigenvalue weighted by atomic mass is 10.2. The summed E-state index contributed by atoms with van der Waals surface area (Å²) in [6.45, 7) is -0.264. The van der Waals surface area contributed by atoms with E-state index in [4.69, 9.17) is 16.7 Å². The van der Waals surface area contributed by atoms with Gasteiger partial charge in [0.2, 0.25) is 0 Å². The topological polar surface area (TPSA) is 73.4 Å². The van der Waals surface area contributed by atoms with Crippen LogP contribution in [0.2, 0.25) is 5.02 Å². The third-order valence-corrected chi connectivity index (χ3v) is 3.43. The number of carbonyl (C=O) groups excluding carboxylic acids is 1. The Balaban J connectivity index is 2.17. The lowest BCUT2D eigenvalue weighted by molar-refractivity contribution is -0.138. The van der Waals surface area contributed by atoms with Gasteiger partial charge in [0.1, 0.15) is 12.2 Å². The Morgan fingerprint density at radius 3 is 2.61 bits per heavy atom. The highest BCUT2D eigenvalue weighted by Gasteiger charge is 2.29. The zero-order valence-electron chi connectivity index (χ0n) is 9.86. The molecule has 1 aromatic heterocycles. The third kappa shape index (κ3) is 2.85. The van der Waals surface area contributed by atoms with Gasteiger partial charge in [-0.05, 0) is 18.9 Å². The highest BCUT2D eigenvalue weighted by atomic mass is 35.5. The first-order valence-corrected chi connectivity index (χ1v) is 6.32. The predicted molar refractivity (Wildman–Crippen MR) is 66.7 cm³/mol. The minimum Gasteiger partial charge on any atom is -0.480 e. The number of amides is 1. The molecule has 2 N–H and O–H groups in total. The van der Waals surface area contributed by atoms with Gasteiger partial charge in [-0.25, -0.2) is 0 Å². The molecule has 1 amide bonds. The Hall–Kier alpha value is -1.49. The smallest absolute Gasteiger partial charge is 0.323 e. The third-order valence-electron chi connectivity index (χ3n) is 3.21. The second kappa shape index (κ2) is 5.44. The number of nitrogens with zero attached hydrogens (tertiary/aromatic N) is 1. The van der Waals surface area contributed by atoms with Crippen LogP contribution in [0.5, 0.6) is 0 Å². The fourth-order valence-electron chi connectivity index (χ4n) is 2.37. The monoisotopic (exact) mass is 270 g/mol. The van der Waals surface area contributed by atoms with Crippen LogP contribution in [-0.4, -0.2) is 39.5 Å². The summed E-state index contributed by atoms with van der Waals surface area (Å²) in [6, 6.07) is 1.55. The Labute approximate surface area is 110 Å². The number of H-pyrrole nitrogens is 1. The van der Waals surface area contributed by atoms with Crippen molar-refractivity contribution in [2.24, 2.45) is 0 Å². The number of carboxylic acid groups (broad SMARTS) is 1. The van der Waals surface area contributed by atoms with Gasteiger partial charge < -0.3 is 15.0 Å². The van der Waals surface area contributed by atoms with Crippen LogP contribution in [0, 0.1) is 0 Å². The van der Waals surface area contributed by atoms with Crippen molar-refractivity contribution >= 4 is 23.5 Å². The molecule has 0 atom stereocenters. The molecule has 18 heavy (non-hydrogen) atoms. The number of rotatable bonds is 4. The van der Waals surface area contributed by atoms with Gasteiger partial charge in [0.15, 0.2) is 0 Å². The van der Waals surface area contributed by atoms with E-state index in [1.165, 1.54) is 17.2 Å². The predicted octanol–water partition coefficient (Wildman–Crippen LogP) is 2.14. The molecule has 0 radical (unpaired) electrons. The molecule has 0 aromatic carbocycles. The van der Waals surface area contributed by atoms with Crippen LogP contribution in [0.1, 0.15) is 36.2 Å². The molecule has 2 rings (SSSR count). The van der Waals surface area contributed by atoms with Crippen LogP contribution in [0.25, 0.3) is 0 Å². The van der Waals surface area contributed by atoms with Crippen molar-refractivity contribution in [2.75, 3.05) is 6.54 Å². The summed E-state index contributed by atoms with van der Waals surface area (Å²) < 4.78 is 0. The van der Waals surface area contributed by atoms with E-state index in [0.717, 1.165) is 25.7 Å². The minimum absolute atomic E-state index is 0.0238. The highest BCUT2D eigenvalue weighted by molar-refractivity contribution is 6.30. The number of aromatic nitrogens is 1. The van der Waals surface area contributed by atoms with Gasteiger partial charge in [0.05, 0.1) is 5.02 Å². The van der Waals surface area contributed by atoms with E-state index < -0.39 is 5.97 Å². The van der Waals surface area contributed by atoms with Gasteiger partial charge in [0.25, 0.3) is 5.91 Å². The first-order chi connectivity index (χ1) is 8.58. The molecule has 1 aliphatic carbocycles. The van der Waals surface area contributed by atoms with Gasteiger partial charge in [-0.3, -0.25) is 9.59 Å². The van der Waals surface area contributed by atoms with E-state index in [2.05, 4.69) is 4.98 Å². The summed E-state index contributed by atoms with van der Waals surface area (Å²) >= 11 is 5.76. The number of carboxylic acids is 1. The van der Waals surface area contributed by atoms with E-state index in [1.807, 2.05) is 0 Å². The van der Waals surface area contributed by atoms with Crippen molar-refractivity contribution in [1.29, 1.82) is 0 Å². The molecule has 1 saturated carbocycles. The van der Waals surface area contributed by atoms with Gasteiger partial charge in [-0.2, -0.15) is 0 Å². The SMILES string of the molecule is O=C(O)CN(C(=O)c1cc(Cl)c[nH]1)C1CCCC1. The van der Waals surface area contributed by atoms with Gasteiger partial charge in [-0.15, -0.1) is 0 Å². The second-order valence-corrected chi connectivity index (χ2v) is 4.93. The first kappa shape index (κ1) is 13.0. The first-order valence-electron chi connectivity index (χ1n) is 5.94. The number of carbonyl (C=O) groups is 2. The molecule has 0 unspecified atom stereocenters. The number of aromatic amines is 1. The van der Waals surface area contributed by atoms with Crippen LogP contribution >= 0.6 is 11.6 Å². The standard InChI is InChI=1S/C12H15ClN2O3/c13-8-5-10(14-6-8)12(18)15(7-11(16)17)9-3-1-2-4-9/h5-6,9,14H,1-4,7H2,(H,16,17). The van der Waals surface area contributed by atoms with Crippen molar-refractivity contribution in [2.45, 2.75) is 31.7 Å². The van der Waals surface area contributed by atoms with E-state index in [9.17, 15) is 9.59 Å². The molecule has 0 spiro atoms. The maximum atomic E-state index is 12.3. The summed E-state index contributed by atoms with van der Waals surface area (Å²) in [5.74, 6) is -1.29. The van der Waals surface area contributed by atoms with Crippen molar-refractivity contribution in [3.63, 3.8) is 0 Å². The molecule has 0 aliphatic heterocycles. The molecular formula is C12H15ClN2O3. The summed E-state index contributed by atoms with van der Waals surface area (Å²) in [5.41, 5.74) is 0.341. The summed E-state index contributed by atoms with van der Waals surface area (Å²) in [7, 11) is 0. The largest absolute Gasteiger partial charge is 0.480 e. The zero-order valence-corrected chi connectivity index (χ0v) is 10.6. The summed E-state index contributed by atoms with van der Waals surface area (Å²) in [6.07, 6.45) is 5.34. The van der Waals surface area contributed by atoms with E-state index >= 15 is 0 Å². The molecular weight excluding hydrogens is 256 g/mol. The quantitative estimate of drug-likeness (QED) is 0.880. The lowest BCUT2D eigenvalue weighted by Gasteiger charge is -2.26. The molecule has 0 bridgehead atoms. The number of hydrogen-bond acceptors (Lipinski definition) is 2. The maximum Gasteiger partial charge on any atom is 0.323 e. The Morgan fingerprint density at radius 2 is 2.11 bits per heavy atom. The van der Waals surface area contributed by atoms with Crippen molar-refractivity contribution < 1.29 is 14.7 Å². The average Bonchev–Trinajstić information content (AvgIpc) is 2.95. The highest BCUT2D eigenvalue weighted by Crippen LogP contribution is 2.25. The number of nitrogens with one attached hydrogen (secondary N) is 1. The molecule has 5 nitrogen and oxygen atoms in total. The molecule has 1 aliphatic rings. The van der Waals surface area contributed by atoms with Crippen molar-refractivity contribution in [1.82, 2.24) is 9.88 Å². The summed E-state index contributed by atoms with van der Waals surface area (Å²) in [5, 5.41) is 9.36. The van der Waals surface area contributed by atoms with Crippen LogP contribution in [0.3, 0.4) is 0 Å². The Kier molecular flexibility index (Phi) is 3.91. The van der Waals surface area contributed by atoms with Crippen molar-refractivity contribution in [3.05, 3.63) is 23.0 Å². The second-order valence-electron chi connectivity index (χ2n) is 4.50. The Morgan fingerprint density at radius 1 is 1.44 bits per heavy atom.